The molecule has 1 aromatic carbocycles. The SMILES string of the molecule is CCCc1nc2ccc(F)cn2c1C(=O)Nc1ccccc1. The standard InChI is InChI=1S/C17H16FN3O/c1-2-6-14-16(17(22)19-13-7-4-3-5-8-13)21-11-12(18)9-10-15(21)20-14/h3-5,7-11H,2,6H2,1H3,(H,19,22). The lowest BCUT2D eigenvalue weighted by Gasteiger charge is -2.07. The predicted molar refractivity (Wildman–Crippen MR) is 83.5 cm³/mol. The molecule has 0 saturated heterocycles. The number of benzene rings is 1. The lowest BCUT2D eigenvalue weighted by Crippen LogP contribution is -2.16. The van der Waals surface area contributed by atoms with Crippen molar-refractivity contribution in [2.24, 2.45) is 0 Å². The number of carbonyl (C=O) groups is 1. The van der Waals surface area contributed by atoms with Crippen LogP contribution in [0.4, 0.5) is 10.1 Å². The molecule has 2 heterocycles. The molecule has 3 aromatic rings. The summed E-state index contributed by atoms with van der Waals surface area (Å²) in [6.07, 6.45) is 2.82. The average molecular weight is 297 g/mol. The number of nitrogens with zero attached hydrogens (tertiary/aromatic N) is 2. The summed E-state index contributed by atoms with van der Waals surface area (Å²) in [6, 6.07) is 12.1. The van der Waals surface area contributed by atoms with Crippen LogP contribution in [0.25, 0.3) is 5.65 Å². The summed E-state index contributed by atoms with van der Waals surface area (Å²) >= 11 is 0. The fourth-order valence-corrected chi connectivity index (χ4v) is 2.43. The molecule has 0 spiro atoms. The Bertz CT molecular complexity index is 811. The zero-order valence-electron chi connectivity index (χ0n) is 12.2. The molecule has 3 rings (SSSR count). The van der Waals surface area contributed by atoms with E-state index in [0.717, 1.165) is 6.42 Å². The molecule has 0 aliphatic carbocycles. The Labute approximate surface area is 127 Å². The molecular weight excluding hydrogens is 281 g/mol. The van der Waals surface area contributed by atoms with Crippen molar-refractivity contribution in [2.45, 2.75) is 19.8 Å². The van der Waals surface area contributed by atoms with Crippen molar-refractivity contribution in [2.75, 3.05) is 5.32 Å². The smallest absolute Gasteiger partial charge is 0.274 e. The van der Waals surface area contributed by atoms with Crippen LogP contribution < -0.4 is 5.32 Å². The highest BCUT2D eigenvalue weighted by molar-refractivity contribution is 6.04. The van der Waals surface area contributed by atoms with E-state index in [9.17, 15) is 9.18 Å². The van der Waals surface area contributed by atoms with Crippen LogP contribution in [0.3, 0.4) is 0 Å². The number of para-hydroxylation sites is 1. The molecule has 5 heteroatoms. The maximum Gasteiger partial charge on any atom is 0.274 e. The van der Waals surface area contributed by atoms with Gasteiger partial charge in [0, 0.05) is 11.9 Å². The fraction of sp³-hybridized carbons (Fsp3) is 0.176. The third-order valence-corrected chi connectivity index (χ3v) is 3.39. The van der Waals surface area contributed by atoms with Crippen molar-refractivity contribution in [1.82, 2.24) is 9.38 Å². The zero-order chi connectivity index (χ0) is 15.5. The van der Waals surface area contributed by atoms with Crippen molar-refractivity contribution < 1.29 is 9.18 Å². The number of rotatable bonds is 4. The number of anilines is 1. The first kappa shape index (κ1) is 14.3. The minimum Gasteiger partial charge on any atom is -0.321 e. The van der Waals surface area contributed by atoms with Crippen LogP contribution >= 0.6 is 0 Å². The Kier molecular flexibility index (Phi) is 3.87. The fourth-order valence-electron chi connectivity index (χ4n) is 2.43. The van der Waals surface area contributed by atoms with Gasteiger partial charge in [0.1, 0.15) is 17.2 Å². The molecule has 4 nitrogen and oxygen atoms in total. The summed E-state index contributed by atoms with van der Waals surface area (Å²) in [6.45, 7) is 2.02. The van der Waals surface area contributed by atoms with Crippen molar-refractivity contribution in [3.8, 4) is 0 Å². The molecule has 1 N–H and O–H groups in total. The Morgan fingerprint density at radius 2 is 2.00 bits per heavy atom. The van der Waals surface area contributed by atoms with E-state index in [2.05, 4.69) is 10.3 Å². The highest BCUT2D eigenvalue weighted by Crippen LogP contribution is 2.17. The van der Waals surface area contributed by atoms with Gasteiger partial charge in [-0.05, 0) is 30.7 Å². The highest BCUT2D eigenvalue weighted by Gasteiger charge is 2.19. The van der Waals surface area contributed by atoms with E-state index in [1.54, 1.807) is 18.2 Å². The number of aryl methyl sites for hydroxylation is 1. The molecule has 0 saturated carbocycles. The molecule has 0 aliphatic heterocycles. The number of aromatic nitrogens is 2. The van der Waals surface area contributed by atoms with Crippen molar-refractivity contribution in [3.05, 3.63) is 65.9 Å². The Balaban J connectivity index is 2.05. The number of halogens is 1. The van der Waals surface area contributed by atoms with Crippen molar-refractivity contribution in [3.63, 3.8) is 0 Å². The Morgan fingerprint density at radius 1 is 1.23 bits per heavy atom. The molecular formula is C17H16FN3O. The molecule has 22 heavy (non-hydrogen) atoms. The Morgan fingerprint density at radius 3 is 2.73 bits per heavy atom. The number of fused-ring (bicyclic) bond motifs is 1. The molecule has 112 valence electrons. The van der Waals surface area contributed by atoms with E-state index in [4.69, 9.17) is 0 Å². The third kappa shape index (κ3) is 2.70. The highest BCUT2D eigenvalue weighted by atomic mass is 19.1. The monoisotopic (exact) mass is 297 g/mol. The van der Waals surface area contributed by atoms with E-state index in [0.29, 0.717) is 29.1 Å². The molecule has 0 aliphatic rings. The van der Waals surface area contributed by atoms with Gasteiger partial charge in [-0.25, -0.2) is 9.37 Å². The number of hydrogen-bond donors (Lipinski definition) is 1. The average Bonchev–Trinajstić information content (AvgIpc) is 2.86. The van der Waals surface area contributed by atoms with Gasteiger partial charge >= 0.3 is 0 Å². The van der Waals surface area contributed by atoms with Gasteiger partial charge in [0.05, 0.1) is 5.69 Å². The van der Waals surface area contributed by atoms with Crippen molar-refractivity contribution in [1.29, 1.82) is 0 Å². The van der Waals surface area contributed by atoms with Crippen LogP contribution in [-0.2, 0) is 6.42 Å². The molecule has 0 fully saturated rings. The Hall–Kier alpha value is -2.69. The van der Waals surface area contributed by atoms with Crippen LogP contribution in [0, 0.1) is 5.82 Å². The minimum absolute atomic E-state index is 0.284. The van der Waals surface area contributed by atoms with Crippen LogP contribution in [0.5, 0.6) is 0 Å². The van der Waals surface area contributed by atoms with E-state index in [-0.39, 0.29) is 5.91 Å². The van der Waals surface area contributed by atoms with Gasteiger partial charge in [-0.1, -0.05) is 31.5 Å². The molecule has 0 radical (unpaired) electrons. The van der Waals surface area contributed by atoms with Gasteiger partial charge in [0.15, 0.2) is 0 Å². The second-order valence-corrected chi connectivity index (χ2v) is 5.05. The minimum atomic E-state index is -0.401. The number of nitrogens with one attached hydrogen (secondary N) is 1. The topological polar surface area (TPSA) is 46.4 Å². The molecule has 0 atom stereocenters. The summed E-state index contributed by atoms with van der Waals surface area (Å²) in [5.74, 6) is -0.686. The summed E-state index contributed by atoms with van der Waals surface area (Å²) in [7, 11) is 0. The van der Waals surface area contributed by atoms with Crippen molar-refractivity contribution >= 4 is 17.2 Å². The van der Waals surface area contributed by atoms with Gasteiger partial charge in [0.25, 0.3) is 5.91 Å². The van der Waals surface area contributed by atoms with Crippen LogP contribution in [0.2, 0.25) is 0 Å². The summed E-state index contributed by atoms with van der Waals surface area (Å²) in [4.78, 5) is 17.0. The quantitative estimate of drug-likeness (QED) is 0.798. The third-order valence-electron chi connectivity index (χ3n) is 3.39. The molecule has 0 bridgehead atoms. The predicted octanol–water partition coefficient (Wildman–Crippen LogP) is 3.68. The second kappa shape index (κ2) is 5.97. The van der Waals surface area contributed by atoms with Gasteiger partial charge in [-0.2, -0.15) is 0 Å². The van der Waals surface area contributed by atoms with E-state index in [1.165, 1.54) is 16.7 Å². The van der Waals surface area contributed by atoms with E-state index >= 15 is 0 Å². The normalized spacial score (nSPS) is 10.8. The lowest BCUT2D eigenvalue weighted by atomic mass is 10.2. The van der Waals surface area contributed by atoms with Gasteiger partial charge < -0.3 is 5.32 Å². The molecule has 2 aromatic heterocycles. The van der Waals surface area contributed by atoms with E-state index in [1.807, 2.05) is 25.1 Å². The van der Waals surface area contributed by atoms with Crippen LogP contribution in [0.1, 0.15) is 29.5 Å². The number of hydrogen-bond acceptors (Lipinski definition) is 2. The summed E-state index contributed by atoms with van der Waals surface area (Å²) < 4.78 is 15.0. The number of carbonyl (C=O) groups excluding carboxylic acids is 1. The number of imidazole rings is 1. The number of pyridine rings is 1. The van der Waals surface area contributed by atoms with Gasteiger partial charge in [0.2, 0.25) is 0 Å². The maximum atomic E-state index is 13.5. The summed E-state index contributed by atoms with van der Waals surface area (Å²) in [5, 5.41) is 2.83. The lowest BCUT2D eigenvalue weighted by molar-refractivity contribution is 0.102. The van der Waals surface area contributed by atoms with Gasteiger partial charge in [-0.3, -0.25) is 9.20 Å². The summed E-state index contributed by atoms with van der Waals surface area (Å²) in [5.41, 5.74) is 2.34. The molecule has 0 unspecified atom stereocenters. The first-order valence-electron chi connectivity index (χ1n) is 7.22. The van der Waals surface area contributed by atoms with Crippen LogP contribution in [-0.4, -0.2) is 15.3 Å². The first-order chi connectivity index (χ1) is 10.7. The first-order valence-corrected chi connectivity index (χ1v) is 7.22. The second-order valence-electron chi connectivity index (χ2n) is 5.05. The van der Waals surface area contributed by atoms with E-state index < -0.39 is 5.82 Å². The largest absolute Gasteiger partial charge is 0.321 e. The zero-order valence-corrected chi connectivity index (χ0v) is 12.2. The number of amides is 1. The van der Waals surface area contributed by atoms with Crippen LogP contribution in [0.15, 0.2) is 48.7 Å². The molecule has 1 amide bonds. The van der Waals surface area contributed by atoms with Gasteiger partial charge in [-0.15, -0.1) is 0 Å². The maximum absolute atomic E-state index is 13.5.